The molecule has 30 heavy (non-hydrogen) atoms. The van der Waals surface area contributed by atoms with Crippen molar-refractivity contribution >= 4 is 22.8 Å². The predicted octanol–water partition coefficient (Wildman–Crippen LogP) is 4.37. The Morgan fingerprint density at radius 2 is 1.73 bits per heavy atom. The van der Waals surface area contributed by atoms with E-state index in [-0.39, 0.29) is 11.9 Å². The Balaban J connectivity index is 1.73. The Morgan fingerprint density at radius 1 is 0.967 bits per heavy atom. The highest BCUT2D eigenvalue weighted by Crippen LogP contribution is 2.26. The molecule has 0 unspecified atom stereocenters. The molecule has 1 aromatic heterocycles. The van der Waals surface area contributed by atoms with Crippen LogP contribution in [0.4, 0.5) is 0 Å². The molecule has 0 spiro atoms. The minimum atomic E-state index is -0.201. The average molecular weight is 406 g/mol. The van der Waals surface area contributed by atoms with Crippen molar-refractivity contribution in [3.05, 3.63) is 60.2 Å². The summed E-state index contributed by atoms with van der Waals surface area (Å²) >= 11 is 0. The first kappa shape index (κ1) is 21.3. The second-order valence-corrected chi connectivity index (χ2v) is 6.94. The number of hydrogen-bond donors (Lipinski definition) is 1. The zero-order valence-electron chi connectivity index (χ0n) is 17.3. The molecule has 0 radical (unpaired) electrons. The van der Waals surface area contributed by atoms with Gasteiger partial charge in [-0.05, 0) is 49.2 Å². The summed E-state index contributed by atoms with van der Waals surface area (Å²) in [6.07, 6.45) is 2.81. The maximum absolute atomic E-state index is 12.9. The first-order valence-electron chi connectivity index (χ1n) is 10.0. The van der Waals surface area contributed by atoms with E-state index in [0.29, 0.717) is 18.5 Å². The van der Waals surface area contributed by atoms with Gasteiger partial charge in [0.2, 0.25) is 0 Å². The molecule has 1 amide bonds. The van der Waals surface area contributed by atoms with Crippen LogP contribution in [0.2, 0.25) is 0 Å². The van der Waals surface area contributed by atoms with Crippen molar-refractivity contribution in [2.24, 2.45) is 0 Å². The van der Waals surface area contributed by atoms with Gasteiger partial charge in [-0.1, -0.05) is 24.6 Å². The summed E-state index contributed by atoms with van der Waals surface area (Å²) in [5.74, 6) is 0.439. The summed E-state index contributed by atoms with van der Waals surface area (Å²) in [5, 5.41) is 3.80. The Morgan fingerprint density at radius 3 is 2.47 bits per heavy atom. The molecule has 3 aromatic rings. The van der Waals surface area contributed by atoms with Crippen LogP contribution in [0.3, 0.4) is 0 Å². The van der Waals surface area contributed by atoms with E-state index in [2.05, 4.69) is 10.1 Å². The number of nitrogens with one attached hydrogen (secondary N) is 1. The summed E-state index contributed by atoms with van der Waals surface area (Å²) in [5.41, 5.74) is 3.02. The number of methoxy groups -OCH3 is 2. The maximum atomic E-state index is 12.9. The molecule has 6 heteroatoms. The van der Waals surface area contributed by atoms with Crippen molar-refractivity contribution in [1.82, 2.24) is 10.3 Å². The first-order chi connectivity index (χ1) is 14.6. The van der Waals surface area contributed by atoms with Gasteiger partial charge in [-0.15, -0.1) is 0 Å². The first-order valence-corrected chi connectivity index (χ1v) is 10.0. The van der Waals surface area contributed by atoms with E-state index in [1.54, 1.807) is 7.11 Å². The van der Waals surface area contributed by atoms with Crippen molar-refractivity contribution < 1.29 is 19.1 Å². The van der Waals surface area contributed by atoms with E-state index < -0.39 is 0 Å². The Bertz CT molecular complexity index is 1020. The summed E-state index contributed by atoms with van der Waals surface area (Å²) < 4.78 is 9.85. The third-order valence-electron chi connectivity index (χ3n) is 4.92. The molecule has 0 atom stereocenters. The lowest BCUT2D eigenvalue weighted by Crippen LogP contribution is -2.25. The molecule has 6 nitrogen and oxygen atoms in total. The molecule has 0 aliphatic heterocycles. The van der Waals surface area contributed by atoms with Crippen LogP contribution in [0.25, 0.3) is 22.2 Å². The second kappa shape index (κ2) is 10.4. The van der Waals surface area contributed by atoms with Crippen LogP contribution >= 0.6 is 0 Å². The highest BCUT2D eigenvalue weighted by atomic mass is 16.5. The number of aromatic nitrogens is 1. The molecule has 1 N–H and O–H groups in total. The second-order valence-electron chi connectivity index (χ2n) is 6.94. The van der Waals surface area contributed by atoms with Gasteiger partial charge in [0.25, 0.3) is 5.91 Å². The highest BCUT2D eigenvalue weighted by molar-refractivity contribution is 6.07. The topological polar surface area (TPSA) is 77.5 Å². The van der Waals surface area contributed by atoms with Crippen molar-refractivity contribution in [3.8, 4) is 17.0 Å². The number of benzene rings is 2. The monoisotopic (exact) mass is 406 g/mol. The van der Waals surface area contributed by atoms with Crippen LogP contribution in [-0.2, 0) is 9.53 Å². The molecule has 1 heterocycles. The SMILES string of the molecule is COC(=O)CCCCCNC(=O)c1cc(-c2ccc(OC)cc2)nc2ccccc12. The van der Waals surface area contributed by atoms with Gasteiger partial charge in [0.05, 0.1) is 31.0 Å². The van der Waals surface area contributed by atoms with Crippen LogP contribution in [0, 0.1) is 0 Å². The van der Waals surface area contributed by atoms with Gasteiger partial charge in [-0.2, -0.15) is 0 Å². The molecule has 2 aromatic carbocycles. The molecule has 156 valence electrons. The zero-order chi connectivity index (χ0) is 21.3. The van der Waals surface area contributed by atoms with E-state index >= 15 is 0 Å². The number of ether oxygens (including phenoxy) is 2. The molecule has 0 aliphatic rings. The van der Waals surface area contributed by atoms with Crippen molar-refractivity contribution in [1.29, 1.82) is 0 Å². The van der Waals surface area contributed by atoms with Crippen LogP contribution in [0.5, 0.6) is 5.75 Å². The van der Waals surface area contributed by atoms with E-state index in [0.717, 1.165) is 47.2 Å². The fraction of sp³-hybridized carbons (Fsp3) is 0.292. The van der Waals surface area contributed by atoms with Gasteiger partial charge in [-0.25, -0.2) is 4.98 Å². The smallest absolute Gasteiger partial charge is 0.305 e. The number of rotatable bonds is 9. The molecule has 0 bridgehead atoms. The molecule has 3 rings (SSSR count). The van der Waals surface area contributed by atoms with Gasteiger partial charge in [-0.3, -0.25) is 9.59 Å². The number of amides is 1. The summed E-state index contributed by atoms with van der Waals surface area (Å²) in [6.45, 7) is 0.550. The third kappa shape index (κ3) is 5.35. The number of unbranched alkanes of at least 4 members (excludes halogenated alkanes) is 2. The van der Waals surface area contributed by atoms with Gasteiger partial charge >= 0.3 is 5.97 Å². The lowest BCUT2D eigenvalue weighted by molar-refractivity contribution is -0.140. The van der Waals surface area contributed by atoms with Crippen molar-refractivity contribution in [2.75, 3.05) is 20.8 Å². The van der Waals surface area contributed by atoms with E-state index in [1.807, 2.05) is 54.6 Å². The van der Waals surface area contributed by atoms with Gasteiger partial charge in [0, 0.05) is 23.9 Å². The average Bonchev–Trinajstić information content (AvgIpc) is 2.80. The molecule has 0 aliphatic carbocycles. The Hall–Kier alpha value is -3.41. The van der Waals surface area contributed by atoms with Gasteiger partial charge in [0.1, 0.15) is 5.75 Å². The Labute approximate surface area is 176 Å². The molecular weight excluding hydrogens is 380 g/mol. The number of nitrogens with zero attached hydrogens (tertiary/aromatic N) is 1. The van der Waals surface area contributed by atoms with Crippen molar-refractivity contribution in [3.63, 3.8) is 0 Å². The number of carbonyl (C=O) groups is 2. The lowest BCUT2D eigenvalue weighted by atomic mass is 10.0. The number of pyridine rings is 1. The maximum Gasteiger partial charge on any atom is 0.305 e. The van der Waals surface area contributed by atoms with Gasteiger partial charge < -0.3 is 14.8 Å². The number of hydrogen-bond acceptors (Lipinski definition) is 5. The number of para-hydroxylation sites is 1. The molecule has 0 fully saturated rings. The highest BCUT2D eigenvalue weighted by Gasteiger charge is 2.13. The molecule has 0 saturated heterocycles. The molecule has 0 saturated carbocycles. The molecular formula is C24H26N2O4. The minimum Gasteiger partial charge on any atom is -0.497 e. The normalized spacial score (nSPS) is 10.6. The van der Waals surface area contributed by atoms with Gasteiger partial charge in [0.15, 0.2) is 0 Å². The van der Waals surface area contributed by atoms with Crippen LogP contribution in [-0.4, -0.2) is 37.6 Å². The number of carbonyl (C=O) groups excluding carboxylic acids is 2. The standard InChI is InChI=1S/C24H26N2O4/c1-29-18-13-11-17(12-14-18)22-16-20(19-8-5-6-9-21(19)26-22)24(28)25-15-7-3-4-10-23(27)30-2/h5-6,8-9,11-14,16H,3-4,7,10,15H2,1-2H3,(H,25,28). The summed E-state index contributed by atoms with van der Waals surface area (Å²) in [6, 6.07) is 17.1. The zero-order valence-corrected chi connectivity index (χ0v) is 17.3. The van der Waals surface area contributed by atoms with E-state index in [1.165, 1.54) is 7.11 Å². The van der Waals surface area contributed by atoms with Crippen LogP contribution < -0.4 is 10.1 Å². The fourth-order valence-corrected chi connectivity index (χ4v) is 3.24. The van der Waals surface area contributed by atoms with E-state index in [9.17, 15) is 9.59 Å². The summed E-state index contributed by atoms with van der Waals surface area (Å²) in [4.78, 5) is 28.8. The lowest BCUT2D eigenvalue weighted by Gasteiger charge is -2.11. The third-order valence-corrected chi connectivity index (χ3v) is 4.92. The van der Waals surface area contributed by atoms with Crippen LogP contribution in [0.1, 0.15) is 36.0 Å². The number of fused-ring (bicyclic) bond motifs is 1. The Kier molecular flexibility index (Phi) is 7.38. The number of esters is 1. The minimum absolute atomic E-state index is 0.128. The van der Waals surface area contributed by atoms with Crippen LogP contribution in [0.15, 0.2) is 54.6 Å². The largest absolute Gasteiger partial charge is 0.497 e. The quantitative estimate of drug-likeness (QED) is 0.422. The van der Waals surface area contributed by atoms with E-state index in [4.69, 9.17) is 9.72 Å². The summed E-state index contributed by atoms with van der Waals surface area (Å²) in [7, 11) is 3.02. The van der Waals surface area contributed by atoms with Crippen molar-refractivity contribution in [2.45, 2.75) is 25.7 Å². The fourth-order valence-electron chi connectivity index (χ4n) is 3.24. The predicted molar refractivity (Wildman–Crippen MR) is 117 cm³/mol.